The van der Waals surface area contributed by atoms with Crippen LogP contribution in [0.2, 0.25) is 0 Å². The molecule has 0 saturated carbocycles. The first-order valence-corrected chi connectivity index (χ1v) is 20.5. The number of phosphoric ester groups is 1. The number of aliphatic hydroxyl groups is 3. The number of phosphoric acid groups is 1. The lowest BCUT2D eigenvalue weighted by Gasteiger charge is -2.17. The first kappa shape index (κ1) is 48.0. The molecule has 5 N–H and O–H groups in total. The molecule has 0 fully saturated rings. The highest BCUT2D eigenvalue weighted by Gasteiger charge is 2.20. The Morgan fingerprint density at radius 2 is 1.20 bits per heavy atom. The van der Waals surface area contributed by atoms with Gasteiger partial charge in [0.15, 0.2) is 6.10 Å². The molecule has 0 heterocycles. The number of hydrogen-bond donors (Lipinski definition) is 5. The van der Waals surface area contributed by atoms with E-state index < -0.39 is 44.8 Å². The third-order valence-corrected chi connectivity index (χ3v) is 8.51. The monoisotopic (exact) mass is 728 g/mol. The van der Waals surface area contributed by atoms with Crippen LogP contribution in [0.4, 0.5) is 0 Å². The van der Waals surface area contributed by atoms with E-state index in [1.807, 2.05) is 6.08 Å². The maximum Gasteiger partial charge on any atom is 0.469 e. The maximum atomic E-state index is 12.2. The third-order valence-electron chi connectivity index (χ3n) is 8.03. The van der Waals surface area contributed by atoms with Crippen molar-refractivity contribution in [2.24, 2.45) is 0 Å². The van der Waals surface area contributed by atoms with Crippen LogP contribution in [0, 0.1) is 0 Å². The predicted molar refractivity (Wildman–Crippen MR) is 201 cm³/mol. The van der Waals surface area contributed by atoms with E-state index >= 15 is 0 Å². The molecule has 0 rings (SSSR count). The largest absolute Gasteiger partial charge is 0.492 e. The molecule has 0 spiro atoms. The molecule has 0 aromatic carbocycles. The fraction of sp³-hybridized carbons (Fsp3) is 0.718. The molecule has 10 nitrogen and oxygen atoms in total. The molecule has 0 aromatic heterocycles. The van der Waals surface area contributed by atoms with E-state index in [9.17, 15) is 24.7 Å². The molecule has 0 bridgehead atoms. The third kappa shape index (κ3) is 34.4. The molecule has 0 aliphatic heterocycles. The van der Waals surface area contributed by atoms with Gasteiger partial charge in [-0.1, -0.05) is 152 Å². The number of ether oxygens (including phenoxy) is 2. The van der Waals surface area contributed by atoms with Crippen LogP contribution in [0.3, 0.4) is 0 Å². The summed E-state index contributed by atoms with van der Waals surface area (Å²) in [4.78, 5) is 30.4. The molecule has 0 amide bonds. The van der Waals surface area contributed by atoms with Crippen molar-refractivity contribution in [3.63, 3.8) is 0 Å². The smallest absolute Gasteiger partial charge is 0.469 e. The summed E-state index contributed by atoms with van der Waals surface area (Å²) >= 11 is 0. The molecule has 0 aliphatic carbocycles. The fourth-order valence-corrected chi connectivity index (χ4v) is 5.34. The zero-order chi connectivity index (χ0) is 37.1. The van der Waals surface area contributed by atoms with Crippen molar-refractivity contribution >= 4 is 13.8 Å². The highest BCUT2D eigenvalue weighted by atomic mass is 31.2. The van der Waals surface area contributed by atoms with Gasteiger partial charge in [-0.15, -0.1) is 0 Å². The molecule has 50 heavy (non-hydrogen) atoms. The lowest BCUT2D eigenvalue weighted by Crippen LogP contribution is -2.26. The number of esters is 1. The van der Waals surface area contributed by atoms with Gasteiger partial charge in [-0.3, -0.25) is 9.32 Å². The predicted octanol–water partition coefficient (Wildman–Crippen LogP) is 8.69. The molecule has 0 unspecified atom stereocenters. The van der Waals surface area contributed by atoms with E-state index in [2.05, 4.69) is 18.4 Å². The highest BCUT2D eigenvalue weighted by Crippen LogP contribution is 2.35. The Bertz CT molecular complexity index is 987. The minimum Gasteiger partial charge on any atom is -0.492 e. The Hall–Kier alpha value is -2.04. The van der Waals surface area contributed by atoms with Crippen molar-refractivity contribution in [1.82, 2.24) is 0 Å². The Balaban J connectivity index is 4.27. The van der Waals surface area contributed by atoms with Crippen molar-refractivity contribution in [2.75, 3.05) is 13.2 Å². The van der Waals surface area contributed by atoms with Crippen molar-refractivity contribution in [3.05, 3.63) is 60.9 Å². The molecule has 0 radical (unpaired) electrons. The number of carbonyl (C=O) groups excluding carboxylic acids is 1. The number of carbonyl (C=O) groups is 1. The molecule has 11 heteroatoms. The number of allylic oxidation sites excluding steroid dienone is 7. The molecule has 0 aromatic rings. The van der Waals surface area contributed by atoms with Crippen molar-refractivity contribution in [1.29, 1.82) is 0 Å². The summed E-state index contributed by atoms with van der Waals surface area (Å²) in [5.41, 5.74) is 0. The molecule has 0 aliphatic rings. The summed E-state index contributed by atoms with van der Waals surface area (Å²) in [5.74, 6) is -0.565. The minimum atomic E-state index is -4.72. The number of unbranched alkanes of at least 4 members (excludes halogenated alkanes) is 14. The standard InChI is InChI=1S/C39H69O10P/c1-3-5-7-8-9-10-11-12-13-14-15-18-21-25-32-47-36(34-49-50(44,45)46)33-48-39(43)31-26-30-38(42)37(41)29-24-20-17-16-19-23-28-35(40)27-22-6-4-2/h16-17,19-20,23-25,28-29,32,35-38,40-42H,3-15,18,21-22,26-27,30-31,33-34H2,1-2H3,(H2,44,45,46)/b19-16-,20-17+,28-23+,29-24+,32-25+/t35-,36-,37-,38-/m1/s1. The molecule has 290 valence electrons. The second-order valence-electron chi connectivity index (χ2n) is 12.8. The Kier molecular flexibility index (Phi) is 32.7. The Labute approximate surface area is 302 Å². The lowest BCUT2D eigenvalue weighted by atomic mass is 10.0. The number of aliphatic hydroxyl groups excluding tert-OH is 3. The SMILES string of the molecule is CCCCCCCCCCCCCC/C=C/O[C@H](COC(=O)CCC[C@@H](O)[C@H](O)/C=C/C=C/C=C\C=C\[C@H](O)CCCCC)COP(=O)(O)O. The Morgan fingerprint density at radius 3 is 1.80 bits per heavy atom. The lowest BCUT2D eigenvalue weighted by molar-refractivity contribution is -0.147. The van der Waals surface area contributed by atoms with Gasteiger partial charge in [0.1, 0.15) is 6.61 Å². The van der Waals surface area contributed by atoms with Gasteiger partial charge in [-0.05, 0) is 38.2 Å². The van der Waals surface area contributed by atoms with Crippen LogP contribution in [0.15, 0.2) is 60.9 Å². The van der Waals surface area contributed by atoms with E-state index in [4.69, 9.17) is 19.3 Å². The van der Waals surface area contributed by atoms with E-state index in [0.29, 0.717) is 0 Å². The van der Waals surface area contributed by atoms with Crippen molar-refractivity contribution < 1.29 is 48.5 Å². The molecular formula is C39H69O10P. The van der Waals surface area contributed by atoms with E-state index in [-0.39, 0.29) is 25.9 Å². The molecule has 4 atom stereocenters. The van der Waals surface area contributed by atoms with Crippen LogP contribution in [-0.4, -0.2) is 68.7 Å². The Morgan fingerprint density at radius 1 is 0.660 bits per heavy atom. The first-order chi connectivity index (χ1) is 24.1. The second-order valence-corrected chi connectivity index (χ2v) is 14.1. The number of hydrogen-bond acceptors (Lipinski definition) is 8. The maximum absolute atomic E-state index is 12.2. The summed E-state index contributed by atoms with van der Waals surface area (Å²) in [7, 11) is -4.72. The summed E-state index contributed by atoms with van der Waals surface area (Å²) in [6.45, 7) is 3.65. The van der Waals surface area contributed by atoms with E-state index in [0.717, 1.165) is 44.9 Å². The zero-order valence-electron chi connectivity index (χ0n) is 30.9. The summed E-state index contributed by atoms with van der Waals surface area (Å²) < 4.78 is 26.5. The molecular weight excluding hydrogens is 659 g/mol. The quantitative estimate of drug-likeness (QED) is 0.0142. The van der Waals surface area contributed by atoms with Crippen LogP contribution in [-0.2, 0) is 23.4 Å². The van der Waals surface area contributed by atoms with Crippen LogP contribution < -0.4 is 0 Å². The van der Waals surface area contributed by atoms with Crippen LogP contribution >= 0.6 is 7.82 Å². The minimum absolute atomic E-state index is 0.0140. The topological polar surface area (TPSA) is 163 Å². The van der Waals surface area contributed by atoms with Crippen LogP contribution in [0.1, 0.15) is 142 Å². The van der Waals surface area contributed by atoms with Crippen LogP contribution in [0.25, 0.3) is 0 Å². The van der Waals surface area contributed by atoms with Gasteiger partial charge >= 0.3 is 13.8 Å². The van der Waals surface area contributed by atoms with Gasteiger partial charge in [-0.25, -0.2) is 4.57 Å². The summed E-state index contributed by atoms with van der Waals surface area (Å²) in [5, 5.41) is 30.2. The van der Waals surface area contributed by atoms with Gasteiger partial charge in [0.25, 0.3) is 0 Å². The average Bonchev–Trinajstić information content (AvgIpc) is 3.08. The van der Waals surface area contributed by atoms with Gasteiger partial charge in [-0.2, -0.15) is 0 Å². The van der Waals surface area contributed by atoms with E-state index in [1.165, 1.54) is 76.5 Å². The fourth-order valence-electron chi connectivity index (χ4n) is 4.98. The van der Waals surface area contributed by atoms with Gasteiger partial charge in [0.2, 0.25) is 0 Å². The zero-order valence-corrected chi connectivity index (χ0v) is 31.8. The normalized spacial score (nSPS) is 15.2. The first-order valence-electron chi connectivity index (χ1n) is 19.0. The molecule has 0 saturated heterocycles. The van der Waals surface area contributed by atoms with Crippen molar-refractivity contribution in [3.8, 4) is 0 Å². The van der Waals surface area contributed by atoms with Gasteiger partial charge in [0.05, 0.1) is 31.2 Å². The summed E-state index contributed by atoms with van der Waals surface area (Å²) in [6, 6.07) is 0. The van der Waals surface area contributed by atoms with Gasteiger partial charge < -0.3 is 34.6 Å². The second kappa shape index (κ2) is 34.1. The average molecular weight is 729 g/mol. The highest BCUT2D eigenvalue weighted by molar-refractivity contribution is 7.46. The summed E-state index contributed by atoms with van der Waals surface area (Å²) in [6.07, 6.45) is 33.9. The van der Waals surface area contributed by atoms with E-state index in [1.54, 1.807) is 42.5 Å². The number of rotatable bonds is 34. The van der Waals surface area contributed by atoms with Gasteiger partial charge in [0, 0.05) is 6.42 Å². The van der Waals surface area contributed by atoms with Crippen LogP contribution in [0.5, 0.6) is 0 Å². The van der Waals surface area contributed by atoms with Crippen molar-refractivity contribution in [2.45, 2.75) is 167 Å².